The van der Waals surface area contributed by atoms with Crippen molar-refractivity contribution in [3.63, 3.8) is 0 Å². The Hall–Kier alpha value is -1.81. The van der Waals surface area contributed by atoms with Crippen LogP contribution < -0.4 is 11.1 Å². The minimum Gasteiger partial charge on any atom is -0.398 e. The highest BCUT2D eigenvalue weighted by Crippen LogP contribution is 2.26. The maximum absolute atomic E-state index is 12.4. The number of nitrogen functional groups attached to an aromatic ring is 1. The van der Waals surface area contributed by atoms with Gasteiger partial charge in [-0.15, -0.1) is 0 Å². The largest absolute Gasteiger partial charge is 0.398 e. The second-order valence-corrected chi connectivity index (χ2v) is 5.42. The van der Waals surface area contributed by atoms with E-state index in [4.69, 9.17) is 5.73 Å². The number of nitrogens with two attached hydrogens (primary N) is 1. The Labute approximate surface area is 127 Å². The fourth-order valence-corrected chi connectivity index (χ4v) is 2.55. The maximum Gasteiger partial charge on any atom is 0.256 e. The molecule has 0 aliphatic heterocycles. The molecular formula is C16H17BrN2O. The minimum atomic E-state index is -0.159. The number of carbonyl (C=O) groups excluding carboxylic acids is 1. The summed E-state index contributed by atoms with van der Waals surface area (Å²) in [6.07, 6.45) is 0.870. The smallest absolute Gasteiger partial charge is 0.256 e. The van der Waals surface area contributed by atoms with Gasteiger partial charge in [-0.25, -0.2) is 0 Å². The van der Waals surface area contributed by atoms with Crippen molar-refractivity contribution >= 4 is 33.2 Å². The predicted molar refractivity (Wildman–Crippen MR) is 87.1 cm³/mol. The average molecular weight is 333 g/mol. The van der Waals surface area contributed by atoms with Gasteiger partial charge in [0.1, 0.15) is 0 Å². The lowest BCUT2D eigenvalue weighted by Gasteiger charge is -2.14. The van der Waals surface area contributed by atoms with Crippen molar-refractivity contribution in [1.29, 1.82) is 0 Å². The van der Waals surface area contributed by atoms with Crippen LogP contribution in [0, 0.1) is 6.92 Å². The molecule has 0 fully saturated rings. The Morgan fingerprint density at radius 1 is 1.25 bits per heavy atom. The van der Waals surface area contributed by atoms with Gasteiger partial charge in [-0.2, -0.15) is 0 Å². The first-order valence-corrected chi connectivity index (χ1v) is 7.27. The number of hydrogen-bond donors (Lipinski definition) is 2. The molecule has 0 heterocycles. The summed E-state index contributed by atoms with van der Waals surface area (Å²) in [5.41, 5.74) is 9.96. The molecule has 0 aliphatic carbocycles. The fraction of sp³-hybridized carbons (Fsp3) is 0.188. The standard InChI is InChI=1S/C16H17BrN2O/c1-3-11-7-4-6-10(2)15(11)19-16(20)12-8-5-9-13(18)14(12)17/h4-9H,3,18H2,1-2H3,(H,19,20). The molecule has 3 N–H and O–H groups in total. The molecule has 104 valence electrons. The first kappa shape index (κ1) is 14.6. The van der Waals surface area contributed by atoms with E-state index < -0.39 is 0 Å². The van der Waals surface area contributed by atoms with Crippen LogP contribution >= 0.6 is 15.9 Å². The molecule has 0 unspecified atom stereocenters. The summed E-state index contributed by atoms with van der Waals surface area (Å²) in [5.74, 6) is -0.159. The van der Waals surface area contributed by atoms with Crippen LogP contribution in [0.3, 0.4) is 0 Å². The Bertz CT molecular complexity index is 653. The molecule has 3 nitrogen and oxygen atoms in total. The second kappa shape index (κ2) is 6.09. The fourth-order valence-electron chi connectivity index (χ4n) is 2.11. The highest BCUT2D eigenvalue weighted by atomic mass is 79.9. The van der Waals surface area contributed by atoms with Gasteiger partial charge < -0.3 is 11.1 Å². The Kier molecular flexibility index (Phi) is 4.45. The predicted octanol–water partition coefficient (Wildman–Crippen LogP) is 4.15. The lowest BCUT2D eigenvalue weighted by molar-refractivity contribution is 0.102. The summed E-state index contributed by atoms with van der Waals surface area (Å²) >= 11 is 3.36. The summed E-state index contributed by atoms with van der Waals surface area (Å²) in [7, 11) is 0. The van der Waals surface area contributed by atoms with Gasteiger partial charge in [-0.05, 0) is 52.5 Å². The number of para-hydroxylation sites is 1. The highest BCUT2D eigenvalue weighted by Gasteiger charge is 2.14. The van der Waals surface area contributed by atoms with Crippen molar-refractivity contribution in [3.05, 3.63) is 57.6 Å². The lowest BCUT2D eigenvalue weighted by atomic mass is 10.1. The summed E-state index contributed by atoms with van der Waals surface area (Å²) in [4.78, 5) is 12.4. The molecule has 0 saturated carbocycles. The van der Waals surface area contributed by atoms with Crippen molar-refractivity contribution < 1.29 is 4.79 Å². The van der Waals surface area contributed by atoms with Gasteiger partial charge in [0.05, 0.1) is 10.0 Å². The van der Waals surface area contributed by atoms with E-state index in [2.05, 4.69) is 28.2 Å². The quantitative estimate of drug-likeness (QED) is 0.829. The molecule has 0 bridgehead atoms. The number of amides is 1. The van der Waals surface area contributed by atoms with E-state index in [-0.39, 0.29) is 5.91 Å². The zero-order valence-electron chi connectivity index (χ0n) is 11.5. The second-order valence-electron chi connectivity index (χ2n) is 4.63. The zero-order chi connectivity index (χ0) is 14.7. The Morgan fingerprint density at radius 3 is 2.65 bits per heavy atom. The third-order valence-electron chi connectivity index (χ3n) is 3.25. The SMILES string of the molecule is CCc1cccc(C)c1NC(=O)c1cccc(N)c1Br. The van der Waals surface area contributed by atoms with Crippen LogP contribution in [-0.4, -0.2) is 5.91 Å². The van der Waals surface area contributed by atoms with E-state index in [1.165, 1.54) is 0 Å². The molecule has 2 rings (SSSR count). The summed E-state index contributed by atoms with van der Waals surface area (Å²) in [6, 6.07) is 11.3. The maximum atomic E-state index is 12.4. The van der Waals surface area contributed by atoms with E-state index >= 15 is 0 Å². The van der Waals surface area contributed by atoms with E-state index in [9.17, 15) is 4.79 Å². The third kappa shape index (κ3) is 2.85. The zero-order valence-corrected chi connectivity index (χ0v) is 13.1. The molecular weight excluding hydrogens is 316 g/mol. The van der Waals surface area contributed by atoms with E-state index in [0.29, 0.717) is 15.7 Å². The first-order chi connectivity index (χ1) is 9.54. The molecule has 0 radical (unpaired) electrons. The number of halogens is 1. The number of benzene rings is 2. The van der Waals surface area contributed by atoms with Crippen LogP contribution in [0.2, 0.25) is 0 Å². The molecule has 0 aromatic heterocycles. The normalized spacial score (nSPS) is 10.3. The van der Waals surface area contributed by atoms with Crippen molar-refractivity contribution in [2.24, 2.45) is 0 Å². The first-order valence-electron chi connectivity index (χ1n) is 6.48. The number of nitrogens with one attached hydrogen (secondary N) is 1. The number of hydrogen-bond acceptors (Lipinski definition) is 2. The van der Waals surface area contributed by atoms with Crippen LogP contribution in [0.1, 0.15) is 28.4 Å². The average Bonchev–Trinajstić information content (AvgIpc) is 2.44. The molecule has 0 aliphatic rings. The lowest BCUT2D eigenvalue weighted by Crippen LogP contribution is -2.15. The van der Waals surface area contributed by atoms with Gasteiger partial charge in [-0.3, -0.25) is 4.79 Å². The summed E-state index contributed by atoms with van der Waals surface area (Å²) in [6.45, 7) is 4.06. The monoisotopic (exact) mass is 332 g/mol. The molecule has 1 amide bonds. The van der Waals surface area contributed by atoms with Gasteiger partial charge in [0.2, 0.25) is 0 Å². The van der Waals surface area contributed by atoms with Crippen molar-refractivity contribution in [2.45, 2.75) is 20.3 Å². The van der Waals surface area contributed by atoms with Crippen LogP contribution in [0.15, 0.2) is 40.9 Å². The summed E-state index contributed by atoms with van der Waals surface area (Å²) in [5, 5.41) is 2.99. The highest BCUT2D eigenvalue weighted by molar-refractivity contribution is 9.10. The van der Waals surface area contributed by atoms with E-state index in [1.54, 1.807) is 18.2 Å². The third-order valence-corrected chi connectivity index (χ3v) is 4.14. The Balaban J connectivity index is 2.35. The molecule has 4 heteroatoms. The van der Waals surface area contributed by atoms with Gasteiger partial charge >= 0.3 is 0 Å². The molecule has 20 heavy (non-hydrogen) atoms. The number of carbonyl (C=O) groups is 1. The van der Waals surface area contributed by atoms with Crippen molar-refractivity contribution in [3.8, 4) is 0 Å². The Morgan fingerprint density at radius 2 is 1.95 bits per heavy atom. The van der Waals surface area contributed by atoms with Gasteiger partial charge in [0.15, 0.2) is 0 Å². The van der Waals surface area contributed by atoms with Crippen LogP contribution in [0.25, 0.3) is 0 Å². The van der Waals surface area contributed by atoms with Crippen molar-refractivity contribution in [1.82, 2.24) is 0 Å². The van der Waals surface area contributed by atoms with Gasteiger partial charge in [0, 0.05) is 11.4 Å². The van der Waals surface area contributed by atoms with Crippen molar-refractivity contribution in [2.75, 3.05) is 11.1 Å². The number of anilines is 2. The molecule has 2 aromatic rings. The molecule has 0 saturated heterocycles. The number of rotatable bonds is 3. The summed E-state index contributed by atoms with van der Waals surface area (Å²) < 4.78 is 0.629. The topological polar surface area (TPSA) is 55.1 Å². The molecule has 0 spiro atoms. The van der Waals surface area contributed by atoms with Crippen LogP contribution in [0.5, 0.6) is 0 Å². The molecule has 0 atom stereocenters. The van der Waals surface area contributed by atoms with Gasteiger partial charge in [-0.1, -0.05) is 31.2 Å². The van der Waals surface area contributed by atoms with Crippen LogP contribution in [-0.2, 0) is 6.42 Å². The van der Waals surface area contributed by atoms with Crippen LogP contribution in [0.4, 0.5) is 11.4 Å². The number of aryl methyl sites for hydroxylation is 2. The van der Waals surface area contributed by atoms with Gasteiger partial charge in [0.25, 0.3) is 5.91 Å². The molecule has 2 aromatic carbocycles. The van der Waals surface area contributed by atoms with E-state index in [0.717, 1.165) is 23.2 Å². The van der Waals surface area contributed by atoms with E-state index in [1.807, 2.05) is 25.1 Å². The minimum absolute atomic E-state index is 0.159.